The molecule has 0 saturated carbocycles. The molecule has 1 aromatic rings. The zero-order valence-corrected chi connectivity index (χ0v) is 14.9. The summed E-state index contributed by atoms with van der Waals surface area (Å²) in [5.74, 6) is 0. The van der Waals surface area contributed by atoms with E-state index < -0.39 is 16.9 Å². The summed E-state index contributed by atoms with van der Waals surface area (Å²) in [7, 11) is -3.08. The first-order valence-electron chi connectivity index (χ1n) is 6.14. The third-order valence-electron chi connectivity index (χ3n) is 2.00. The van der Waals surface area contributed by atoms with Gasteiger partial charge in [0.15, 0.2) is 8.32 Å². The van der Waals surface area contributed by atoms with Gasteiger partial charge in [-0.1, -0.05) is 42.1 Å². The highest BCUT2D eigenvalue weighted by molar-refractivity contribution is 6.83. The van der Waals surface area contributed by atoms with Crippen LogP contribution in [0.2, 0.25) is 32.7 Å². The maximum absolute atomic E-state index is 6.11. The normalized spacial score (nSPS) is 13.2. The molecule has 0 saturated heterocycles. The van der Waals surface area contributed by atoms with Crippen molar-refractivity contribution in [1.29, 1.82) is 0 Å². The minimum Gasteiger partial charge on any atom is -0.437 e. The molecule has 2 nitrogen and oxygen atoms in total. The molecule has 0 bridgehead atoms. The Morgan fingerprint density at radius 1 is 1.00 bits per heavy atom. The van der Waals surface area contributed by atoms with E-state index in [0.717, 1.165) is 0 Å². The van der Waals surface area contributed by atoms with E-state index in [0.29, 0.717) is 9.76 Å². The lowest BCUT2D eigenvalue weighted by Gasteiger charge is -2.30. The number of hydrogen-bond donors (Lipinski definition) is 0. The summed E-state index contributed by atoms with van der Waals surface area (Å²) in [6, 6.07) is 10.3. The molecule has 0 spiro atoms. The maximum atomic E-state index is 6.11. The van der Waals surface area contributed by atoms with Crippen LogP contribution >= 0.6 is 0 Å². The molecule has 0 aliphatic heterocycles. The van der Waals surface area contributed by atoms with Gasteiger partial charge in [-0.15, -0.1) is 0 Å². The van der Waals surface area contributed by atoms with Gasteiger partial charge in [0.1, 0.15) is 0 Å². The van der Waals surface area contributed by atoms with Crippen molar-refractivity contribution in [2.75, 3.05) is 0 Å². The molecule has 18 heavy (non-hydrogen) atoms. The molecule has 2 radical (unpaired) electrons. The Balaban J connectivity index is 2.39. The Kier molecular flexibility index (Phi) is 5.74. The highest BCUT2D eigenvalue weighted by Gasteiger charge is 2.30. The van der Waals surface area contributed by atoms with E-state index >= 15 is 0 Å². The van der Waals surface area contributed by atoms with Gasteiger partial charge in [-0.2, -0.15) is 0 Å². The first-order valence-corrected chi connectivity index (χ1v) is 13.3. The second-order valence-electron chi connectivity index (χ2n) is 5.58. The lowest BCUT2D eigenvalue weighted by atomic mass is 10.2. The monoisotopic (exact) mass is 294 g/mol. The molecule has 0 fully saturated rings. The predicted octanol–water partition coefficient (Wildman–Crippen LogP) is 3.85. The highest BCUT2D eigenvalue weighted by Crippen LogP contribution is 2.14. The van der Waals surface area contributed by atoms with Crippen molar-refractivity contribution >= 4 is 32.7 Å². The molecule has 0 aliphatic carbocycles. The Morgan fingerprint density at radius 2 is 1.61 bits per heavy atom. The Bertz CT molecular complexity index is 383. The Morgan fingerprint density at radius 3 is 2.17 bits per heavy atom. The first kappa shape index (κ1) is 15.6. The van der Waals surface area contributed by atoms with E-state index in [9.17, 15) is 0 Å². The largest absolute Gasteiger partial charge is 0.437 e. The van der Waals surface area contributed by atoms with Gasteiger partial charge >= 0.3 is 8.56 Å². The van der Waals surface area contributed by atoms with Crippen LogP contribution < -0.4 is 0 Å². The molecule has 0 aliphatic rings. The van der Waals surface area contributed by atoms with Gasteiger partial charge in [-0.05, 0) is 38.3 Å². The fourth-order valence-corrected chi connectivity index (χ4v) is 9.74. The molecule has 0 amide bonds. The van der Waals surface area contributed by atoms with Crippen LogP contribution in [0.25, 0.3) is 6.08 Å². The number of hydrogen-bond acceptors (Lipinski definition) is 2. The van der Waals surface area contributed by atoms with Crippen LogP contribution in [0.3, 0.4) is 0 Å². The summed E-state index contributed by atoms with van der Waals surface area (Å²) < 4.78 is 12.0. The fourth-order valence-electron chi connectivity index (χ4n) is 1.63. The average molecular weight is 295 g/mol. The summed E-state index contributed by atoms with van der Waals surface area (Å²) in [5, 5.41) is 0. The number of rotatable bonds is 6. The summed E-state index contributed by atoms with van der Waals surface area (Å²) in [4.78, 5) is 0. The van der Waals surface area contributed by atoms with Crippen molar-refractivity contribution in [2.24, 2.45) is 0 Å². The van der Waals surface area contributed by atoms with Crippen LogP contribution in [0.4, 0.5) is 0 Å². The molecule has 0 heterocycles. The van der Waals surface area contributed by atoms with E-state index in [1.807, 2.05) is 18.2 Å². The fraction of sp³-hybridized carbons (Fsp3) is 0.385. The third-order valence-corrected chi connectivity index (χ3v) is 9.16. The Hall–Kier alpha value is -0.469. The van der Waals surface area contributed by atoms with Crippen LogP contribution in [0.15, 0.2) is 36.0 Å². The molecule has 0 unspecified atom stereocenters. The smallest absolute Gasteiger partial charge is 0.311 e. The lowest BCUT2D eigenvalue weighted by molar-refractivity contribution is 0.414. The summed E-state index contributed by atoms with van der Waals surface area (Å²) in [6.45, 7) is 10.8. The van der Waals surface area contributed by atoms with Crippen molar-refractivity contribution in [1.82, 2.24) is 0 Å². The topological polar surface area (TPSA) is 18.5 Å². The zero-order valence-electron chi connectivity index (χ0n) is 11.9. The van der Waals surface area contributed by atoms with Crippen LogP contribution in [0, 0.1) is 0 Å². The minimum absolute atomic E-state index is 0.373. The van der Waals surface area contributed by atoms with Crippen LogP contribution in [0.1, 0.15) is 5.56 Å². The quantitative estimate of drug-likeness (QED) is 0.742. The van der Waals surface area contributed by atoms with Crippen molar-refractivity contribution in [3.63, 3.8) is 0 Å². The molecule has 0 aromatic heterocycles. The maximum Gasteiger partial charge on any atom is 0.311 e. The predicted molar refractivity (Wildman–Crippen MR) is 84.2 cm³/mol. The van der Waals surface area contributed by atoms with Crippen molar-refractivity contribution < 1.29 is 8.23 Å². The average Bonchev–Trinajstić information content (AvgIpc) is 2.23. The third kappa shape index (κ3) is 7.07. The van der Waals surface area contributed by atoms with Gasteiger partial charge in [0.25, 0.3) is 0 Å². The van der Waals surface area contributed by atoms with Crippen molar-refractivity contribution in [3.8, 4) is 0 Å². The van der Waals surface area contributed by atoms with Crippen molar-refractivity contribution in [2.45, 2.75) is 32.7 Å². The van der Waals surface area contributed by atoms with Gasteiger partial charge < -0.3 is 8.23 Å². The zero-order chi connectivity index (χ0) is 13.6. The van der Waals surface area contributed by atoms with Gasteiger partial charge in [0, 0.05) is 0 Å². The van der Waals surface area contributed by atoms with E-state index in [2.05, 4.69) is 56.6 Å². The second-order valence-corrected chi connectivity index (χ2v) is 14.8. The second kappa shape index (κ2) is 6.63. The summed E-state index contributed by atoms with van der Waals surface area (Å²) >= 11 is 0. The van der Waals surface area contributed by atoms with Gasteiger partial charge in [-0.25, -0.2) is 0 Å². The van der Waals surface area contributed by atoms with Gasteiger partial charge in [-0.3, -0.25) is 0 Å². The van der Waals surface area contributed by atoms with Crippen molar-refractivity contribution in [3.05, 3.63) is 41.6 Å². The van der Waals surface area contributed by atoms with E-state index in [1.165, 1.54) is 5.56 Å². The standard InChI is InChI=1S/C13H22O2Si3/c1-17(2,3)15-18(4,5)14-16-12-11-13-9-7-6-8-10-13/h6-12H,1-5H3. The molecular formula is C13H22O2Si3. The van der Waals surface area contributed by atoms with Crippen LogP contribution in [-0.2, 0) is 8.23 Å². The van der Waals surface area contributed by atoms with Gasteiger partial charge in [0.2, 0.25) is 9.76 Å². The lowest BCUT2D eigenvalue weighted by Crippen LogP contribution is -2.45. The molecule has 98 valence electrons. The van der Waals surface area contributed by atoms with E-state index in [4.69, 9.17) is 8.23 Å². The SMILES string of the molecule is C[Si](C)(C)O[Si](C)(C)O[Si]C=Cc1ccccc1. The molecule has 1 rings (SSSR count). The van der Waals surface area contributed by atoms with Crippen LogP contribution in [0.5, 0.6) is 0 Å². The molecule has 5 heteroatoms. The highest BCUT2D eigenvalue weighted by atomic mass is 28.5. The first-order chi connectivity index (χ1) is 8.29. The summed E-state index contributed by atoms with van der Waals surface area (Å²) in [6.07, 6.45) is 2.09. The van der Waals surface area contributed by atoms with Crippen LogP contribution in [-0.4, -0.2) is 26.6 Å². The summed E-state index contributed by atoms with van der Waals surface area (Å²) in [5.41, 5.74) is 3.29. The molecule has 0 atom stereocenters. The molecular weight excluding hydrogens is 272 g/mol. The van der Waals surface area contributed by atoms with E-state index in [-0.39, 0.29) is 0 Å². The van der Waals surface area contributed by atoms with Gasteiger partial charge in [0.05, 0.1) is 0 Å². The molecule has 0 N–H and O–H groups in total. The number of benzene rings is 1. The van der Waals surface area contributed by atoms with E-state index in [1.54, 1.807) is 0 Å². The molecule has 1 aromatic carbocycles. The Labute approximate surface area is 115 Å². The minimum atomic E-state index is -1.95.